The van der Waals surface area contributed by atoms with Crippen LogP contribution >= 0.6 is 23.2 Å². The van der Waals surface area contributed by atoms with Crippen molar-refractivity contribution in [1.82, 2.24) is 0 Å². The first kappa shape index (κ1) is 72.1. The van der Waals surface area contributed by atoms with Crippen LogP contribution in [0.1, 0.15) is 253 Å². The van der Waals surface area contributed by atoms with Gasteiger partial charge in [-0.05, 0) is 138 Å². The number of rotatable bonds is 16. The van der Waals surface area contributed by atoms with Crippen LogP contribution in [0.4, 0.5) is 22.7 Å². The SMILES string of the molecule is CC(C)[O-].CC(C)[O-].CC(C)c1cccc(C(C)C)c1N=Cc1cc(Cl)cc(C=Nc2c(C(C)C)cccc2C(C)C)c1[O-].CC(C)c1cccc(C(C)C)c1N=Cc1cc(Cl)cc(C=Nc2c(C(C)C)cccc2C(C)C)c1[O-].[Zr+4]. The third kappa shape index (κ3) is 21.9. The summed E-state index contributed by atoms with van der Waals surface area (Å²) in [6.07, 6.45) is 5.78. The summed E-state index contributed by atoms with van der Waals surface area (Å²) in [6, 6.07) is 31.9. The van der Waals surface area contributed by atoms with Crippen molar-refractivity contribution in [1.29, 1.82) is 0 Å². The molecule has 0 aliphatic rings. The standard InChI is InChI=1S/2C32H39ClN2O.2C3H7O.Zr/c2*1-19(2)26-11-9-12-27(20(3)4)30(26)34-17-23-15-25(33)16-24(32(23)36)18-35-31-28(21(5)6)13-10-14-29(31)22(7)8;2*1-3(2)4;/h2*9-22,36H,1-8H3;2*3H,1-2H3;/q;;2*-1;+4/p-2. The van der Waals surface area contributed by atoms with Gasteiger partial charge in [-0.25, -0.2) is 0 Å². The minimum Gasteiger partial charge on any atom is -0.872 e. The number of nitrogens with zero attached hydrogens (tertiary/aromatic N) is 4. The van der Waals surface area contributed by atoms with Crippen molar-refractivity contribution in [2.75, 3.05) is 0 Å². The summed E-state index contributed by atoms with van der Waals surface area (Å²) in [5, 5.41) is 46.8. The van der Waals surface area contributed by atoms with E-state index >= 15 is 0 Å². The fourth-order valence-corrected chi connectivity index (χ4v) is 9.31. The molecule has 432 valence electrons. The topological polar surface area (TPSA) is 142 Å². The summed E-state index contributed by atoms with van der Waals surface area (Å²) in [5.74, 6) is 2.30. The number of hydrogen-bond acceptors (Lipinski definition) is 8. The van der Waals surface area contributed by atoms with E-state index in [1.807, 2.05) is 0 Å². The molecule has 6 rings (SSSR count). The molecule has 0 unspecified atom stereocenters. The van der Waals surface area contributed by atoms with Crippen molar-refractivity contribution in [3.63, 3.8) is 0 Å². The number of hydrogen-bond donors (Lipinski definition) is 0. The van der Waals surface area contributed by atoms with Crippen LogP contribution in [0.3, 0.4) is 0 Å². The van der Waals surface area contributed by atoms with Crippen molar-refractivity contribution < 1.29 is 46.6 Å². The maximum Gasteiger partial charge on any atom is 4.00 e. The molecule has 0 spiro atoms. The van der Waals surface area contributed by atoms with E-state index in [9.17, 15) is 20.4 Å². The Morgan fingerprint density at radius 3 is 0.568 bits per heavy atom. The van der Waals surface area contributed by atoms with Crippen LogP contribution in [0.5, 0.6) is 11.5 Å². The van der Waals surface area contributed by atoms with Crippen LogP contribution < -0.4 is 20.4 Å². The molecule has 0 amide bonds. The molecule has 0 atom stereocenters. The van der Waals surface area contributed by atoms with E-state index in [1.54, 1.807) is 76.8 Å². The summed E-state index contributed by atoms with van der Waals surface area (Å²) >= 11 is 12.9. The molecule has 8 nitrogen and oxygen atoms in total. The number of halogens is 2. The number of aliphatic imine (C=N–C) groups is 4. The Morgan fingerprint density at radius 2 is 0.444 bits per heavy atom. The minimum atomic E-state index is -0.417. The van der Waals surface area contributed by atoms with Gasteiger partial charge in [0, 0.05) is 34.9 Å². The smallest absolute Gasteiger partial charge is 0.872 e. The van der Waals surface area contributed by atoms with Gasteiger partial charge < -0.3 is 20.4 Å². The van der Waals surface area contributed by atoms with Crippen molar-refractivity contribution in [3.8, 4) is 11.5 Å². The van der Waals surface area contributed by atoms with Gasteiger partial charge >= 0.3 is 26.2 Å². The van der Waals surface area contributed by atoms with E-state index in [1.165, 1.54) is 44.5 Å². The molecule has 0 aliphatic carbocycles. The second kappa shape index (κ2) is 34.6. The maximum atomic E-state index is 13.4. The molecule has 0 heterocycles. The van der Waals surface area contributed by atoms with Crippen LogP contribution in [-0.4, -0.2) is 37.1 Å². The van der Waals surface area contributed by atoms with Crippen LogP contribution in [-0.2, 0) is 26.2 Å². The molecule has 0 fully saturated rings. The predicted molar refractivity (Wildman–Crippen MR) is 340 cm³/mol. The second-order valence-electron chi connectivity index (χ2n) is 23.3. The van der Waals surface area contributed by atoms with Crippen LogP contribution in [0.15, 0.2) is 117 Å². The summed E-state index contributed by atoms with van der Waals surface area (Å²) in [4.78, 5) is 19.3. The first-order valence-corrected chi connectivity index (χ1v) is 29.2. The van der Waals surface area contributed by atoms with E-state index in [4.69, 9.17) is 43.2 Å². The van der Waals surface area contributed by atoms with Gasteiger partial charge in [-0.2, -0.15) is 0 Å². The molecule has 11 heteroatoms. The summed E-state index contributed by atoms with van der Waals surface area (Å²) in [5.41, 5.74) is 14.9. The minimum absolute atomic E-state index is 0. The third-order valence-corrected chi connectivity index (χ3v) is 13.4. The molecule has 0 aromatic heterocycles. The Morgan fingerprint density at radius 1 is 0.309 bits per heavy atom. The zero-order valence-corrected chi connectivity index (χ0v) is 56.0. The number of benzene rings is 6. The Balaban J connectivity index is 0.000000483. The average Bonchev–Trinajstić information content (AvgIpc) is 3.37. The van der Waals surface area contributed by atoms with Gasteiger partial charge in [-0.3, -0.25) is 20.0 Å². The fourth-order valence-electron chi connectivity index (χ4n) is 8.84. The summed E-state index contributed by atoms with van der Waals surface area (Å²) in [7, 11) is 0. The monoisotopic (exact) mass is 1210 g/mol. The van der Waals surface area contributed by atoms with Crippen molar-refractivity contribution >= 4 is 70.8 Å². The van der Waals surface area contributed by atoms with Gasteiger partial charge in [-0.15, -0.1) is 12.2 Å². The molecule has 0 saturated heterocycles. The molecule has 81 heavy (non-hydrogen) atoms. The fraction of sp³-hybridized carbons (Fsp3) is 0.429. The zero-order valence-electron chi connectivity index (χ0n) is 52.0. The van der Waals surface area contributed by atoms with Crippen molar-refractivity contribution in [2.24, 2.45) is 20.0 Å². The Hall–Kier alpha value is -5.02. The quantitative estimate of drug-likeness (QED) is 0.0889. The van der Waals surface area contributed by atoms with Crippen LogP contribution in [0.2, 0.25) is 10.0 Å². The van der Waals surface area contributed by atoms with Crippen LogP contribution in [0.25, 0.3) is 0 Å². The van der Waals surface area contributed by atoms with Gasteiger partial charge in [-0.1, -0.05) is 246 Å². The molecule has 0 radical (unpaired) electrons. The van der Waals surface area contributed by atoms with E-state index in [0.29, 0.717) is 79.6 Å². The molecule has 0 saturated carbocycles. The van der Waals surface area contributed by atoms with Crippen LogP contribution in [0, 0.1) is 0 Å². The van der Waals surface area contributed by atoms with E-state index in [0.717, 1.165) is 22.7 Å². The second-order valence-corrected chi connectivity index (χ2v) is 24.2. The van der Waals surface area contributed by atoms with Crippen molar-refractivity contribution in [2.45, 2.75) is 198 Å². The Bertz CT molecular complexity index is 2550. The zero-order chi connectivity index (χ0) is 60.3. The van der Waals surface area contributed by atoms with Crippen molar-refractivity contribution in [3.05, 3.63) is 174 Å². The maximum absolute atomic E-state index is 13.4. The molecule has 0 N–H and O–H groups in total. The largest absolute Gasteiger partial charge is 4.00 e. The molecule has 0 bridgehead atoms. The molecule has 0 aliphatic heterocycles. The molecule has 6 aromatic carbocycles. The van der Waals surface area contributed by atoms with E-state index in [-0.39, 0.29) is 37.7 Å². The first-order valence-electron chi connectivity index (χ1n) is 28.5. The van der Waals surface area contributed by atoms with E-state index < -0.39 is 12.2 Å². The molecular weight excluding hydrogens is 1120 g/mol. The Labute approximate surface area is 517 Å². The summed E-state index contributed by atoms with van der Waals surface area (Å²) in [6.45, 7) is 41.0. The normalized spacial score (nSPS) is 11.9. The molecule has 6 aromatic rings. The first-order chi connectivity index (χ1) is 37.5. The number of para-hydroxylation sites is 4. The predicted octanol–water partition coefficient (Wildman–Crippen LogP) is 18.3. The van der Waals surface area contributed by atoms with Gasteiger partial charge in [0.25, 0.3) is 0 Å². The Kier molecular flexibility index (Phi) is 30.8. The summed E-state index contributed by atoms with van der Waals surface area (Å²) < 4.78 is 0. The van der Waals surface area contributed by atoms with E-state index in [2.05, 4.69) is 184 Å². The van der Waals surface area contributed by atoms with Gasteiger partial charge in [0.1, 0.15) is 0 Å². The van der Waals surface area contributed by atoms with Gasteiger partial charge in [0.15, 0.2) is 0 Å². The van der Waals surface area contributed by atoms with Gasteiger partial charge in [0.2, 0.25) is 0 Å². The van der Waals surface area contributed by atoms with Gasteiger partial charge in [0.05, 0.1) is 22.7 Å². The third-order valence-electron chi connectivity index (χ3n) is 12.9. The molecular formula is C70H90Cl2N4O4Zr. The average molecular weight is 1210 g/mol.